The molecule has 1 atom stereocenters. The maximum atomic E-state index is 13.8. The van der Waals surface area contributed by atoms with Gasteiger partial charge in [-0.2, -0.15) is 0 Å². The Kier molecular flexibility index (Phi) is 3.94. The van der Waals surface area contributed by atoms with E-state index in [2.05, 4.69) is 15.3 Å². The molecule has 0 bridgehead atoms. The molecule has 0 aliphatic heterocycles. The Morgan fingerprint density at radius 1 is 1.28 bits per heavy atom. The highest BCUT2D eigenvalue weighted by atomic mass is 19.1. The molecule has 0 aliphatic carbocycles. The van der Waals surface area contributed by atoms with Gasteiger partial charge in [-0.15, -0.1) is 0 Å². The van der Waals surface area contributed by atoms with Gasteiger partial charge in [-0.25, -0.2) is 8.78 Å². The molecule has 0 amide bonds. The van der Waals surface area contributed by atoms with Crippen LogP contribution in [0.1, 0.15) is 24.2 Å². The Morgan fingerprint density at radius 2 is 2.11 bits per heavy atom. The van der Waals surface area contributed by atoms with Gasteiger partial charge in [0, 0.05) is 18.0 Å². The third kappa shape index (κ3) is 2.68. The first-order valence-electron chi connectivity index (χ1n) is 5.66. The predicted molar refractivity (Wildman–Crippen MR) is 63.9 cm³/mol. The molecule has 0 saturated carbocycles. The first-order valence-corrected chi connectivity index (χ1v) is 5.66. The molecule has 94 valence electrons. The zero-order valence-corrected chi connectivity index (χ0v) is 9.90. The van der Waals surface area contributed by atoms with Crippen molar-refractivity contribution in [3.63, 3.8) is 0 Å². The molecule has 0 radical (unpaired) electrons. The molecule has 2 aromatic rings. The summed E-state index contributed by atoms with van der Waals surface area (Å²) in [6.45, 7) is 2.50. The fourth-order valence-electron chi connectivity index (χ4n) is 1.77. The quantitative estimate of drug-likeness (QED) is 0.904. The maximum Gasteiger partial charge on any atom is 0.128 e. The van der Waals surface area contributed by atoms with Crippen LogP contribution in [0.15, 0.2) is 36.8 Å². The van der Waals surface area contributed by atoms with Gasteiger partial charge in [0.1, 0.15) is 11.6 Å². The van der Waals surface area contributed by atoms with E-state index in [4.69, 9.17) is 0 Å². The molecule has 1 aromatic carbocycles. The van der Waals surface area contributed by atoms with Crippen molar-refractivity contribution in [2.24, 2.45) is 0 Å². The normalized spacial score (nSPS) is 12.4. The Hall–Kier alpha value is -1.88. The van der Waals surface area contributed by atoms with Gasteiger partial charge < -0.3 is 5.32 Å². The van der Waals surface area contributed by atoms with Crippen molar-refractivity contribution in [2.45, 2.75) is 13.0 Å². The predicted octanol–water partition coefficient (Wildman–Crippen LogP) is 2.45. The number of nitrogens with one attached hydrogen (secondary N) is 1. The molecule has 5 heteroatoms. The highest BCUT2D eigenvalue weighted by Crippen LogP contribution is 2.23. The Balaban J connectivity index is 2.44. The molecular weight excluding hydrogens is 236 g/mol. The minimum Gasteiger partial charge on any atom is -0.305 e. The number of hydrogen-bond donors (Lipinski definition) is 1. The van der Waals surface area contributed by atoms with Gasteiger partial charge in [0.2, 0.25) is 0 Å². The summed E-state index contributed by atoms with van der Waals surface area (Å²) in [5, 5.41) is 3.07. The number of benzene rings is 1. The lowest BCUT2D eigenvalue weighted by Gasteiger charge is -2.18. The lowest BCUT2D eigenvalue weighted by Crippen LogP contribution is -2.24. The van der Waals surface area contributed by atoms with Crippen LogP contribution in [0.4, 0.5) is 8.78 Å². The van der Waals surface area contributed by atoms with E-state index in [1.807, 2.05) is 6.92 Å². The lowest BCUT2D eigenvalue weighted by molar-refractivity contribution is 0.538. The summed E-state index contributed by atoms with van der Waals surface area (Å²) < 4.78 is 27.0. The summed E-state index contributed by atoms with van der Waals surface area (Å²) in [5.41, 5.74) is 0.793. The van der Waals surface area contributed by atoms with E-state index in [1.54, 1.807) is 0 Å². The van der Waals surface area contributed by atoms with Crippen LogP contribution in [-0.4, -0.2) is 16.5 Å². The minimum absolute atomic E-state index is 0.234. The van der Waals surface area contributed by atoms with Crippen molar-refractivity contribution in [3.8, 4) is 0 Å². The average Bonchev–Trinajstić information content (AvgIpc) is 2.40. The van der Waals surface area contributed by atoms with Crippen LogP contribution in [0.2, 0.25) is 0 Å². The zero-order chi connectivity index (χ0) is 13.0. The number of halogens is 2. The Labute approximate surface area is 104 Å². The molecular formula is C13H13F2N3. The van der Waals surface area contributed by atoms with E-state index in [9.17, 15) is 8.78 Å². The largest absolute Gasteiger partial charge is 0.305 e. The summed E-state index contributed by atoms with van der Waals surface area (Å²) >= 11 is 0. The fourth-order valence-corrected chi connectivity index (χ4v) is 1.77. The van der Waals surface area contributed by atoms with Gasteiger partial charge in [-0.3, -0.25) is 9.97 Å². The molecule has 2 rings (SSSR count). The molecule has 1 heterocycles. The zero-order valence-electron chi connectivity index (χ0n) is 9.90. The van der Waals surface area contributed by atoms with E-state index < -0.39 is 17.7 Å². The number of hydrogen-bond acceptors (Lipinski definition) is 3. The fraction of sp³-hybridized carbons (Fsp3) is 0.231. The van der Waals surface area contributed by atoms with Crippen LogP contribution in [0.5, 0.6) is 0 Å². The Morgan fingerprint density at radius 3 is 2.78 bits per heavy atom. The number of aromatic nitrogens is 2. The van der Waals surface area contributed by atoms with Crippen LogP contribution < -0.4 is 5.32 Å². The summed E-state index contributed by atoms with van der Waals surface area (Å²) in [6, 6.07) is 2.89. The van der Waals surface area contributed by atoms with Gasteiger partial charge in [-0.05, 0) is 24.7 Å². The van der Waals surface area contributed by atoms with Crippen LogP contribution in [0.3, 0.4) is 0 Å². The second-order valence-electron chi connectivity index (χ2n) is 3.79. The summed E-state index contributed by atoms with van der Waals surface area (Å²) in [5.74, 6) is -0.939. The van der Waals surface area contributed by atoms with E-state index in [1.165, 1.54) is 24.7 Å². The Bertz CT molecular complexity index is 517. The maximum absolute atomic E-state index is 13.8. The van der Waals surface area contributed by atoms with Crippen molar-refractivity contribution < 1.29 is 8.78 Å². The summed E-state index contributed by atoms with van der Waals surface area (Å²) in [7, 11) is 0. The van der Waals surface area contributed by atoms with E-state index in [-0.39, 0.29) is 5.56 Å². The van der Waals surface area contributed by atoms with Crippen molar-refractivity contribution in [1.29, 1.82) is 0 Å². The van der Waals surface area contributed by atoms with Gasteiger partial charge in [0.05, 0.1) is 17.9 Å². The minimum atomic E-state index is -0.501. The number of nitrogens with zero attached hydrogens (tertiary/aromatic N) is 2. The molecule has 0 fully saturated rings. The van der Waals surface area contributed by atoms with E-state index in [0.29, 0.717) is 12.2 Å². The molecule has 0 aliphatic rings. The highest BCUT2D eigenvalue weighted by molar-refractivity contribution is 5.28. The van der Waals surface area contributed by atoms with Crippen molar-refractivity contribution in [2.75, 3.05) is 6.54 Å². The van der Waals surface area contributed by atoms with Crippen LogP contribution in [0.25, 0.3) is 0 Å². The first kappa shape index (κ1) is 12.6. The standard InChI is InChI=1S/C13H13F2N3/c1-2-17-13(12-8-16-5-6-18-12)10-7-9(14)3-4-11(10)15/h3-8,13,17H,2H2,1H3. The third-order valence-electron chi connectivity index (χ3n) is 2.56. The van der Waals surface area contributed by atoms with Gasteiger partial charge in [-0.1, -0.05) is 6.92 Å². The summed E-state index contributed by atoms with van der Waals surface area (Å²) in [6.07, 6.45) is 4.60. The van der Waals surface area contributed by atoms with Crippen LogP contribution in [-0.2, 0) is 0 Å². The summed E-state index contributed by atoms with van der Waals surface area (Å²) in [4.78, 5) is 8.08. The van der Waals surface area contributed by atoms with Gasteiger partial charge in [0.15, 0.2) is 0 Å². The molecule has 0 saturated heterocycles. The molecule has 18 heavy (non-hydrogen) atoms. The molecule has 1 N–H and O–H groups in total. The molecule has 3 nitrogen and oxygen atoms in total. The van der Waals surface area contributed by atoms with E-state index >= 15 is 0 Å². The van der Waals surface area contributed by atoms with Crippen molar-refractivity contribution in [3.05, 3.63) is 59.7 Å². The highest BCUT2D eigenvalue weighted by Gasteiger charge is 2.19. The second kappa shape index (κ2) is 5.64. The SMILES string of the molecule is CCNC(c1cnccn1)c1cc(F)ccc1F. The second-order valence-corrected chi connectivity index (χ2v) is 3.79. The first-order chi connectivity index (χ1) is 8.72. The van der Waals surface area contributed by atoms with Gasteiger partial charge >= 0.3 is 0 Å². The molecule has 1 unspecified atom stereocenters. The van der Waals surface area contributed by atoms with Crippen molar-refractivity contribution in [1.82, 2.24) is 15.3 Å². The van der Waals surface area contributed by atoms with Gasteiger partial charge in [0.25, 0.3) is 0 Å². The smallest absolute Gasteiger partial charge is 0.128 e. The van der Waals surface area contributed by atoms with Crippen LogP contribution in [0, 0.1) is 11.6 Å². The molecule has 0 spiro atoms. The van der Waals surface area contributed by atoms with Crippen LogP contribution >= 0.6 is 0 Å². The molecule has 1 aromatic heterocycles. The van der Waals surface area contributed by atoms with E-state index in [0.717, 1.165) is 12.1 Å². The lowest BCUT2D eigenvalue weighted by atomic mass is 10.0. The third-order valence-corrected chi connectivity index (χ3v) is 2.56. The topological polar surface area (TPSA) is 37.8 Å². The van der Waals surface area contributed by atoms with Crippen molar-refractivity contribution >= 4 is 0 Å². The monoisotopic (exact) mass is 249 g/mol. The number of rotatable bonds is 4. The average molecular weight is 249 g/mol.